The first-order chi connectivity index (χ1) is 12.6. The number of imidazole rings is 1. The van der Waals surface area contributed by atoms with Gasteiger partial charge >= 0.3 is 0 Å². The Balaban J connectivity index is 1.84. The molecule has 26 heavy (non-hydrogen) atoms. The Hall–Kier alpha value is -2.91. The van der Waals surface area contributed by atoms with Crippen molar-refractivity contribution in [2.24, 2.45) is 0 Å². The van der Waals surface area contributed by atoms with Crippen molar-refractivity contribution < 1.29 is 0 Å². The fraction of sp³-hybridized carbons (Fsp3) is 0.150. The molecule has 2 aromatic heterocycles. The van der Waals surface area contributed by atoms with Gasteiger partial charge < -0.3 is 5.32 Å². The summed E-state index contributed by atoms with van der Waals surface area (Å²) in [7, 11) is 0. The highest BCUT2D eigenvalue weighted by Gasteiger charge is 2.15. The molecule has 0 saturated carbocycles. The standard InChI is InChI=1S/C20H16BrN5/c1-12-14(11-22)4-3-5-16(12)13(2)24-19-17-10-15(21)6-7-18(17)26-9-8-23-20(26)25-19/h3-10,13H,1-2H3,(H,23,24,25)/t13-/m1/s1. The predicted molar refractivity (Wildman–Crippen MR) is 106 cm³/mol. The van der Waals surface area contributed by atoms with Crippen LogP contribution in [0, 0.1) is 18.3 Å². The summed E-state index contributed by atoms with van der Waals surface area (Å²) in [6, 6.07) is 14.2. The predicted octanol–water partition coefficient (Wildman–Crippen LogP) is 5.00. The Morgan fingerprint density at radius 2 is 2.12 bits per heavy atom. The molecule has 2 heterocycles. The van der Waals surface area contributed by atoms with E-state index in [1.807, 2.05) is 47.9 Å². The van der Waals surface area contributed by atoms with Crippen LogP contribution in [0.1, 0.15) is 29.7 Å². The summed E-state index contributed by atoms with van der Waals surface area (Å²) in [4.78, 5) is 9.03. The van der Waals surface area contributed by atoms with E-state index in [-0.39, 0.29) is 6.04 Å². The summed E-state index contributed by atoms with van der Waals surface area (Å²) in [6.45, 7) is 4.05. The molecule has 5 nitrogen and oxygen atoms in total. The number of hydrogen-bond acceptors (Lipinski definition) is 4. The summed E-state index contributed by atoms with van der Waals surface area (Å²) in [5.74, 6) is 1.42. The van der Waals surface area contributed by atoms with Gasteiger partial charge in [-0.05, 0) is 49.2 Å². The number of hydrogen-bond donors (Lipinski definition) is 1. The Morgan fingerprint density at radius 3 is 2.92 bits per heavy atom. The van der Waals surface area contributed by atoms with Gasteiger partial charge in [-0.25, -0.2) is 4.98 Å². The maximum atomic E-state index is 9.28. The number of nitriles is 1. The molecule has 6 heteroatoms. The van der Waals surface area contributed by atoms with Crippen LogP contribution in [0.25, 0.3) is 16.7 Å². The van der Waals surface area contributed by atoms with Gasteiger partial charge in [-0.1, -0.05) is 28.1 Å². The maximum Gasteiger partial charge on any atom is 0.236 e. The van der Waals surface area contributed by atoms with Crippen LogP contribution in [0.4, 0.5) is 5.82 Å². The van der Waals surface area contributed by atoms with Crippen LogP contribution in [0.5, 0.6) is 0 Å². The van der Waals surface area contributed by atoms with E-state index in [0.717, 1.165) is 32.3 Å². The monoisotopic (exact) mass is 405 g/mol. The molecule has 0 fully saturated rings. The zero-order chi connectivity index (χ0) is 18.3. The van der Waals surface area contributed by atoms with Gasteiger partial charge in [-0.15, -0.1) is 0 Å². The quantitative estimate of drug-likeness (QED) is 0.520. The van der Waals surface area contributed by atoms with E-state index in [4.69, 9.17) is 4.98 Å². The van der Waals surface area contributed by atoms with Gasteiger partial charge in [0.1, 0.15) is 5.82 Å². The van der Waals surface area contributed by atoms with E-state index in [1.54, 1.807) is 6.20 Å². The molecule has 0 amide bonds. The zero-order valence-electron chi connectivity index (χ0n) is 14.4. The maximum absolute atomic E-state index is 9.28. The molecule has 0 aliphatic rings. The number of halogens is 1. The van der Waals surface area contributed by atoms with Crippen LogP contribution in [0.15, 0.2) is 53.3 Å². The molecule has 4 aromatic rings. The number of anilines is 1. The molecule has 0 aliphatic carbocycles. The molecule has 0 unspecified atom stereocenters. The Kier molecular flexibility index (Phi) is 4.09. The zero-order valence-corrected chi connectivity index (χ0v) is 15.9. The summed E-state index contributed by atoms with van der Waals surface area (Å²) in [5, 5.41) is 13.8. The van der Waals surface area contributed by atoms with Crippen molar-refractivity contribution in [1.82, 2.24) is 14.4 Å². The van der Waals surface area contributed by atoms with Crippen LogP contribution >= 0.6 is 15.9 Å². The van der Waals surface area contributed by atoms with E-state index in [1.165, 1.54) is 0 Å². The fourth-order valence-electron chi connectivity index (χ4n) is 3.27. The van der Waals surface area contributed by atoms with Gasteiger partial charge in [0.15, 0.2) is 0 Å². The average molecular weight is 406 g/mol. The highest BCUT2D eigenvalue weighted by Crippen LogP contribution is 2.30. The topological polar surface area (TPSA) is 66.0 Å². The molecular formula is C20H16BrN5. The number of benzene rings is 2. The van der Waals surface area contributed by atoms with Crippen molar-refractivity contribution in [3.8, 4) is 6.07 Å². The van der Waals surface area contributed by atoms with Crippen LogP contribution in [-0.4, -0.2) is 14.4 Å². The average Bonchev–Trinajstić information content (AvgIpc) is 3.10. The summed E-state index contributed by atoms with van der Waals surface area (Å²) < 4.78 is 2.96. The first-order valence-corrected chi connectivity index (χ1v) is 9.06. The van der Waals surface area contributed by atoms with Gasteiger partial charge in [-0.3, -0.25) is 4.40 Å². The number of nitrogens with zero attached hydrogens (tertiary/aromatic N) is 4. The smallest absolute Gasteiger partial charge is 0.236 e. The Bertz CT molecular complexity index is 1170. The van der Waals surface area contributed by atoms with E-state index in [9.17, 15) is 5.26 Å². The minimum absolute atomic E-state index is 0.00426. The van der Waals surface area contributed by atoms with Gasteiger partial charge in [0.2, 0.25) is 5.78 Å². The van der Waals surface area contributed by atoms with Gasteiger partial charge in [0.05, 0.1) is 23.2 Å². The summed E-state index contributed by atoms with van der Waals surface area (Å²) >= 11 is 3.55. The Labute approximate surface area is 159 Å². The van der Waals surface area contributed by atoms with Crippen LogP contribution < -0.4 is 5.32 Å². The first-order valence-electron chi connectivity index (χ1n) is 8.27. The molecule has 0 aliphatic heterocycles. The molecule has 1 atom stereocenters. The first kappa shape index (κ1) is 16.6. The minimum Gasteiger partial charge on any atom is -0.363 e. The largest absolute Gasteiger partial charge is 0.363 e. The van der Waals surface area contributed by atoms with Crippen molar-refractivity contribution >= 4 is 38.4 Å². The molecular weight excluding hydrogens is 390 g/mol. The third kappa shape index (κ3) is 2.71. The van der Waals surface area contributed by atoms with Crippen molar-refractivity contribution in [2.45, 2.75) is 19.9 Å². The lowest BCUT2D eigenvalue weighted by Crippen LogP contribution is -2.11. The van der Waals surface area contributed by atoms with Gasteiger partial charge in [0.25, 0.3) is 0 Å². The SMILES string of the molecule is Cc1c(C#N)cccc1[C@@H](C)Nc1nc2nccn2c2ccc(Br)cc12. The second-order valence-electron chi connectivity index (χ2n) is 6.22. The van der Waals surface area contributed by atoms with Crippen molar-refractivity contribution in [1.29, 1.82) is 5.26 Å². The van der Waals surface area contributed by atoms with E-state index >= 15 is 0 Å². The van der Waals surface area contributed by atoms with E-state index < -0.39 is 0 Å². The summed E-state index contributed by atoms with van der Waals surface area (Å²) in [6.07, 6.45) is 3.66. The van der Waals surface area contributed by atoms with Crippen LogP contribution in [-0.2, 0) is 0 Å². The molecule has 2 aromatic carbocycles. The number of aromatic nitrogens is 3. The number of rotatable bonds is 3. The third-order valence-corrected chi connectivity index (χ3v) is 5.12. The minimum atomic E-state index is -0.00426. The lowest BCUT2D eigenvalue weighted by molar-refractivity contribution is 0.865. The molecule has 1 N–H and O–H groups in total. The highest BCUT2D eigenvalue weighted by atomic mass is 79.9. The molecule has 0 radical (unpaired) electrons. The molecule has 128 valence electrons. The second kappa shape index (κ2) is 6.43. The second-order valence-corrected chi connectivity index (χ2v) is 7.13. The highest BCUT2D eigenvalue weighted by molar-refractivity contribution is 9.10. The van der Waals surface area contributed by atoms with Crippen LogP contribution in [0.2, 0.25) is 0 Å². The fourth-order valence-corrected chi connectivity index (χ4v) is 3.63. The van der Waals surface area contributed by atoms with Crippen molar-refractivity contribution in [3.63, 3.8) is 0 Å². The van der Waals surface area contributed by atoms with Crippen molar-refractivity contribution in [3.05, 3.63) is 70.0 Å². The lowest BCUT2D eigenvalue weighted by atomic mass is 9.98. The van der Waals surface area contributed by atoms with Gasteiger partial charge in [0, 0.05) is 22.3 Å². The van der Waals surface area contributed by atoms with Crippen LogP contribution in [0.3, 0.4) is 0 Å². The lowest BCUT2D eigenvalue weighted by Gasteiger charge is -2.19. The van der Waals surface area contributed by atoms with E-state index in [0.29, 0.717) is 11.3 Å². The third-order valence-electron chi connectivity index (χ3n) is 4.62. The molecule has 0 spiro atoms. The number of fused-ring (bicyclic) bond motifs is 3. The van der Waals surface area contributed by atoms with E-state index in [2.05, 4.69) is 45.3 Å². The molecule has 0 bridgehead atoms. The molecule has 4 rings (SSSR count). The Morgan fingerprint density at radius 1 is 1.27 bits per heavy atom. The summed E-state index contributed by atoms with van der Waals surface area (Å²) in [5.41, 5.74) is 3.80. The number of nitrogens with one attached hydrogen (secondary N) is 1. The molecule has 0 saturated heterocycles. The van der Waals surface area contributed by atoms with Crippen molar-refractivity contribution in [2.75, 3.05) is 5.32 Å². The normalized spacial score (nSPS) is 12.2. The van der Waals surface area contributed by atoms with Gasteiger partial charge in [-0.2, -0.15) is 10.2 Å².